The molecule has 0 aromatic heterocycles. The van der Waals surface area contributed by atoms with Crippen LogP contribution >= 0.6 is 23.4 Å². The molecule has 0 aliphatic heterocycles. The predicted molar refractivity (Wildman–Crippen MR) is 99.6 cm³/mol. The Morgan fingerprint density at radius 1 is 1.21 bits per heavy atom. The number of thioether (sulfide) groups is 1. The van der Waals surface area contributed by atoms with E-state index in [4.69, 9.17) is 16.3 Å². The van der Waals surface area contributed by atoms with E-state index in [1.165, 1.54) is 12.1 Å². The summed E-state index contributed by atoms with van der Waals surface area (Å²) in [5.41, 5.74) is 0.897. The van der Waals surface area contributed by atoms with Crippen molar-refractivity contribution in [3.05, 3.63) is 53.1 Å². The van der Waals surface area contributed by atoms with Gasteiger partial charge in [-0.2, -0.15) is 0 Å². The fourth-order valence-electron chi connectivity index (χ4n) is 2.18. The fourth-order valence-corrected chi connectivity index (χ4v) is 4.15. The van der Waals surface area contributed by atoms with Crippen molar-refractivity contribution in [2.24, 2.45) is 0 Å². The Hall–Kier alpha value is -1.21. The lowest BCUT2D eigenvalue weighted by Gasteiger charge is -2.16. The van der Waals surface area contributed by atoms with E-state index < -0.39 is 10.0 Å². The van der Waals surface area contributed by atoms with E-state index in [2.05, 4.69) is 4.72 Å². The van der Waals surface area contributed by atoms with Gasteiger partial charge >= 0.3 is 0 Å². The van der Waals surface area contributed by atoms with Crippen LogP contribution in [0.25, 0.3) is 0 Å². The van der Waals surface area contributed by atoms with Crippen LogP contribution in [0.4, 0.5) is 0 Å². The van der Waals surface area contributed by atoms with Gasteiger partial charge in [0.05, 0.1) is 16.5 Å². The molecule has 1 atom stereocenters. The van der Waals surface area contributed by atoms with Crippen LogP contribution in [-0.4, -0.2) is 21.3 Å². The normalized spacial score (nSPS) is 12.8. The van der Waals surface area contributed by atoms with E-state index in [1.54, 1.807) is 17.8 Å². The molecule has 4 nitrogen and oxygen atoms in total. The maximum absolute atomic E-state index is 12.5. The van der Waals surface area contributed by atoms with E-state index in [9.17, 15) is 8.42 Å². The average Bonchev–Trinajstić information content (AvgIpc) is 2.56. The van der Waals surface area contributed by atoms with E-state index >= 15 is 0 Å². The standard InChI is InChI=1S/C17H20ClNO3S2/c1-4-22-17-10-9-15(11-16(17)18)24(20,21)19-12(2)13-5-7-14(23-3)8-6-13/h5-12,19H,4H2,1-3H3/t12-/m0/s1. The van der Waals surface area contributed by atoms with E-state index in [0.29, 0.717) is 12.4 Å². The molecule has 2 aromatic rings. The van der Waals surface area contributed by atoms with E-state index in [1.807, 2.05) is 44.4 Å². The van der Waals surface area contributed by atoms with E-state index in [0.717, 1.165) is 10.5 Å². The maximum Gasteiger partial charge on any atom is 0.241 e. The first-order chi connectivity index (χ1) is 11.4. The first kappa shape index (κ1) is 19.1. The minimum absolute atomic E-state index is 0.114. The molecule has 0 heterocycles. The number of hydrogen-bond donors (Lipinski definition) is 1. The van der Waals surface area contributed by atoms with Crippen LogP contribution < -0.4 is 9.46 Å². The summed E-state index contributed by atoms with van der Waals surface area (Å²) < 4.78 is 33.1. The molecule has 24 heavy (non-hydrogen) atoms. The molecular weight excluding hydrogens is 366 g/mol. The van der Waals surface area contributed by atoms with Gasteiger partial charge in [-0.1, -0.05) is 23.7 Å². The van der Waals surface area contributed by atoms with Crippen LogP contribution in [0.15, 0.2) is 52.3 Å². The number of benzene rings is 2. The summed E-state index contributed by atoms with van der Waals surface area (Å²) in [5.74, 6) is 0.471. The lowest BCUT2D eigenvalue weighted by Crippen LogP contribution is -2.26. The molecule has 0 aliphatic carbocycles. The highest BCUT2D eigenvalue weighted by atomic mass is 35.5. The highest BCUT2D eigenvalue weighted by molar-refractivity contribution is 7.98. The second-order valence-corrected chi connectivity index (χ2v) is 8.14. The van der Waals surface area contributed by atoms with Crippen molar-refractivity contribution < 1.29 is 13.2 Å². The van der Waals surface area contributed by atoms with Crippen molar-refractivity contribution in [1.82, 2.24) is 4.72 Å². The van der Waals surface area contributed by atoms with E-state index in [-0.39, 0.29) is 16.0 Å². The van der Waals surface area contributed by atoms with Crippen LogP contribution in [0, 0.1) is 0 Å². The number of nitrogens with one attached hydrogen (secondary N) is 1. The summed E-state index contributed by atoms with van der Waals surface area (Å²) in [5, 5.41) is 0.275. The third kappa shape index (κ3) is 4.66. The minimum atomic E-state index is -3.67. The summed E-state index contributed by atoms with van der Waals surface area (Å²) in [6.45, 7) is 4.11. The largest absolute Gasteiger partial charge is 0.492 e. The van der Waals surface area contributed by atoms with Crippen LogP contribution in [0.1, 0.15) is 25.5 Å². The Balaban J connectivity index is 2.19. The molecule has 0 spiro atoms. The SMILES string of the molecule is CCOc1ccc(S(=O)(=O)N[C@@H](C)c2ccc(SC)cc2)cc1Cl. The van der Waals surface area contributed by atoms with Crippen molar-refractivity contribution >= 4 is 33.4 Å². The molecule has 7 heteroatoms. The average molecular weight is 386 g/mol. The van der Waals surface area contributed by atoms with Crippen LogP contribution in [0.5, 0.6) is 5.75 Å². The first-order valence-electron chi connectivity index (χ1n) is 7.46. The van der Waals surface area contributed by atoms with Gasteiger partial charge in [0, 0.05) is 10.9 Å². The van der Waals surface area contributed by atoms with Gasteiger partial charge in [-0.05, 0) is 56.0 Å². The zero-order valence-electron chi connectivity index (χ0n) is 13.7. The molecular formula is C17H20ClNO3S2. The van der Waals surface area contributed by atoms with Gasteiger partial charge in [0.2, 0.25) is 10.0 Å². The Morgan fingerprint density at radius 3 is 2.42 bits per heavy atom. The second kappa shape index (κ2) is 8.25. The Kier molecular flexibility index (Phi) is 6.57. The second-order valence-electron chi connectivity index (χ2n) is 5.14. The van der Waals surface area contributed by atoms with Gasteiger partial charge in [0.25, 0.3) is 0 Å². The lowest BCUT2D eigenvalue weighted by atomic mass is 10.1. The lowest BCUT2D eigenvalue weighted by molar-refractivity contribution is 0.340. The van der Waals surface area contributed by atoms with Gasteiger partial charge in [0.15, 0.2) is 0 Å². The quantitative estimate of drug-likeness (QED) is 0.713. The smallest absolute Gasteiger partial charge is 0.241 e. The van der Waals surface area contributed by atoms with Crippen molar-refractivity contribution in [2.45, 2.75) is 29.7 Å². The Morgan fingerprint density at radius 2 is 1.88 bits per heavy atom. The molecule has 0 saturated heterocycles. The summed E-state index contributed by atoms with van der Waals surface area (Å²) >= 11 is 7.72. The third-order valence-corrected chi connectivity index (χ3v) is 6.04. The summed E-state index contributed by atoms with van der Waals surface area (Å²) in [6.07, 6.45) is 2.00. The Labute approximate surface area is 152 Å². The molecule has 1 N–H and O–H groups in total. The summed E-state index contributed by atoms with van der Waals surface area (Å²) in [6, 6.07) is 11.9. The zero-order chi connectivity index (χ0) is 17.7. The van der Waals surface area contributed by atoms with Crippen LogP contribution in [-0.2, 0) is 10.0 Å². The molecule has 0 amide bonds. The molecule has 0 radical (unpaired) electrons. The molecule has 2 rings (SSSR count). The zero-order valence-corrected chi connectivity index (χ0v) is 16.1. The van der Waals surface area contributed by atoms with Crippen molar-refractivity contribution in [3.8, 4) is 5.75 Å². The minimum Gasteiger partial charge on any atom is -0.492 e. The number of halogens is 1. The molecule has 0 aliphatic rings. The van der Waals surface area contributed by atoms with Gasteiger partial charge in [0.1, 0.15) is 5.75 Å². The van der Waals surface area contributed by atoms with Gasteiger partial charge in [-0.3, -0.25) is 0 Å². The molecule has 130 valence electrons. The van der Waals surface area contributed by atoms with Crippen molar-refractivity contribution in [1.29, 1.82) is 0 Å². The summed E-state index contributed by atoms with van der Waals surface area (Å²) in [4.78, 5) is 1.25. The molecule has 0 fully saturated rings. The highest BCUT2D eigenvalue weighted by Crippen LogP contribution is 2.28. The van der Waals surface area contributed by atoms with Crippen LogP contribution in [0.3, 0.4) is 0 Å². The monoisotopic (exact) mass is 385 g/mol. The number of ether oxygens (including phenoxy) is 1. The molecule has 0 unspecified atom stereocenters. The molecule has 0 saturated carbocycles. The summed E-state index contributed by atoms with van der Waals surface area (Å²) in [7, 11) is -3.67. The van der Waals surface area contributed by atoms with Gasteiger partial charge in [-0.25, -0.2) is 13.1 Å². The Bertz CT molecular complexity index is 792. The number of sulfonamides is 1. The van der Waals surface area contributed by atoms with Gasteiger partial charge in [-0.15, -0.1) is 11.8 Å². The van der Waals surface area contributed by atoms with Crippen LogP contribution in [0.2, 0.25) is 5.02 Å². The van der Waals surface area contributed by atoms with Crippen molar-refractivity contribution in [3.63, 3.8) is 0 Å². The fraction of sp³-hybridized carbons (Fsp3) is 0.294. The number of hydrogen-bond acceptors (Lipinski definition) is 4. The highest BCUT2D eigenvalue weighted by Gasteiger charge is 2.19. The van der Waals surface area contributed by atoms with Crippen molar-refractivity contribution in [2.75, 3.05) is 12.9 Å². The maximum atomic E-state index is 12.5. The molecule has 0 bridgehead atoms. The first-order valence-corrected chi connectivity index (χ1v) is 10.5. The third-order valence-electron chi connectivity index (χ3n) is 3.46. The number of rotatable bonds is 7. The predicted octanol–water partition coefficient (Wildman–Crippen LogP) is 4.50. The van der Waals surface area contributed by atoms with Gasteiger partial charge < -0.3 is 4.74 Å². The topological polar surface area (TPSA) is 55.4 Å². The molecule has 2 aromatic carbocycles.